The van der Waals surface area contributed by atoms with E-state index in [4.69, 9.17) is 21.1 Å². The summed E-state index contributed by atoms with van der Waals surface area (Å²) in [5.74, 6) is 1.24. The molecule has 1 aliphatic rings. The molecule has 2 amide bonds. The van der Waals surface area contributed by atoms with E-state index in [-0.39, 0.29) is 12.1 Å². The molecule has 0 bridgehead atoms. The van der Waals surface area contributed by atoms with Crippen LogP contribution in [0.5, 0.6) is 11.5 Å². The molecule has 6 nitrogen and oxygen atoms in total. The fourth-order valence-corrected chi connectivity index (χ4v) is 4.80. The number of amides is 2. The van der Waals surface area contributed by atoms with Crippen molar-refractivity contribution in [1.29, 1.82) is 0 Å². The molecular formula is C28H26ClN3O3. The molecule has 0 saturated carbocycles. The van der Waals surface area contributed by atoms with Crippen molar-refractivity contribution in [3.05, 3.63) is 106 Å². The smallest absolute Gasteiger partial charge is 0.322 e. The van der Waals surface area contributed by atoms with Gasteiger partial charge in [0.15, 0.2) is 11.5 Å². The Morgan fingerprint density at radius 2 is 1.77 bits per heavy atom. The van der Waals surface area contributed by atoms with Crippen molar-refractivity contribution in [1.82, 2.24) is 9.47 Å². The minimum absolute atomic E-state index is 0.223. The summed E-state index contributed by atoms with van der Waals surface area (Å²) in [5.41, 5.74) is 5.59. The fraction of sp³-hybridized carbons (Fsp3) is 0.179. The number of aryl methyl sites for hydroxylation is 1. The number of para-hydroxylation sites is 1. The van der Waals surface area contributed by atoms with E-state index >= 15 is 0 Å². The standard InChI is InChI=1S/C28H26ClN3O3/c1-18-10-12-21(29)16-22(18)30-28(33)32-17-20-7-4-5-8-23(20)31-14-6-9-24(31)27(32)19-11-13-25(34-2)26(15-19)35-3/h4-16,27H,17H2,1-3H3,(H,30,33)/t27-/m0/s1. The van der Waals surface area contributed by atoms with E-state index in [1.54, 1.807) is 20.3 Å². The zero-order valence-corrected chi connectivity index (χ0v) is 20.5. The molecule has 1 N–H and O–H groups in total. The molecule has 1 aromatic heterocycles. The van der Waals surface area contributed by atoms with Gasteiger partial charge in [-0.3, -0.25) is 0 Å². The molecule has 0 radical (unpaired) electrons. The van der Waals surface area contributed by atoms with Crippen LogP contribution in [0.1, 0.15) is 28.4 Å². The molecule has 0 spiro atoms. The van der Waals surface area contributed by atoms with Crippen LogP contribution in [0.3, 0.4) is 0 Å². The van der Waals surface area contributed by atoms with Crippen LogP contribution in [0.4, 0.5) is 10.5 Å². The second kappa shape index (κ2) is 9.39. The van der Waals surface area contributed by atoms with Crippen LogP contribution in [0.25, 0.3) is 5.69 Å². The van der Waals surface area contributed by atoms with Gasteiger partial charge in [0.2, 0.25) is 0 Å². The number of nitrogens with zero attached hydrogens (tertiary/aromatic N) is 2. The summed E-state index contributed by atoms with van der Waals surface area (Å²) in [6, 6.07) is 22.9. The first-order valence-electron chi connectivity index (χ1n) is 11.3. The molecule has 0 saturated heterocycles. The molecule has 5 rings (SSSR count). The van der Waals surface area contributed by atoms with Gasteiger partial charge in [0.1, 0.15) is 0 Å². The first kappa shape index (κ1) is 22.9. The van der Waals surface area contributed by atoms with E-state index in [1.165, 1.54) is 0 Å². The number of anilines is 1. The summed E-state index contributed by atoms with van der Waals surface area (Å²) in [4.78, 5) is 15.7. The molecule has 4 aromatic rings. The van der Waals surface area contributed by atoms with Crippen molar-refractivity contribution in [2.24, 2.45) is 0 Å². The number of urea groups is 1. The van der Waals surface area contributed by atoms with Crippen molar-refractivity contribution in [3.63, 3.8) is 0 Å². The third-order valence-corrected chi connectivity index (χ3v) is 6.62. The molecule has 1 atom stereocenters. The van der Waals surface area contributed by atoms with Gasteiger partial charge in [0, 0.05) is 22.6 Å². The molecule has 0 fully saturated rings. The lowest BCUT2D eigenvalue weighted by atomic mass is 10.0. The number of ether oxygens (including phenoxy) is 2. The summed E-state index contributed by atoms with van der Waals surface area (Å²) in [7, 11) is 3.22. The Morgan fingerprint density at radius 3 is 2.57 bits per heavy atom. The Morgan fingerprint density at radius 1 is 0.971 bits per heavy atom. The minimum atomic E-state index is -0.378. The number of carbonyl (C=O) groups excluding carboxylic acids is 1. The Kier molecular flexibility index (Phi) is 6.14. The topological polar surface area (TPSA) is 55.7 Å². The number of aromatic nitrogens is 1. The third kappa shape index (κ3) is 4.21. The highest BCUT2D eigenvalue weighted by atomic mass is 35.5. The van der Waals surface area contributed by atoms with E-state index in [2.05, 4.69) is 22.0 Å². The summed E-state index contributed by atoms with van der Waals surface area (Å²) in [6.45, 7) is 2.36. The lowest BCUT2D eigenvalue weighted by molar-refractivity contribution is 0.194. The molecular weight excluding hydrogens is 462 g/mol. The lowest BCUT2D eigenvalue weighted by Gasteiger charge is -2.31. The van der Waals surface area contributed by atoms with Gasteiger partial charge < -0.3 is 24.3 Å². The van der Waals surface area contributed by atoms with E-state index in [1.807, 2.05) is 72.6 Å². The van der Waals surface area contributed by atoms with Gasteiger partial charge in [-0.1, -0.05) is 41.9 Å². The molecule has 0 unspecified atom stereocenters. The molecule has 3 aromatic carbocycles. The molecule has 2 heterocycles. The van der Waals surface area contributed by atoms with Crippen LogP contribution >= 0.6 is 11.6 Å². The SMILES string of the molecule is COc1ccc([C@H]2c3cccn3-c3ccccc3CN2C(=O)Nc2cc(Cl)ccc2C)cc1OC. The highest BCUT2D eigenvalue weighted by Gasteiger charge is 2.33. The monoisotopic (exact) mass is 487 g/mol. The average molecular weight is 488 g/mol. The largest absolute Gasteiger partial charge is 0.493 e. The van der Waals surface area contributed by atoms with Gasteiger partial charge in [0.25, 0.3) is 0 Å². The Bertz CT molecular complexity index is 1400. The van der Waals surface area contributed by atoms with Gasteiger partial charge >= 0.3 is 6.03 Å². The van der Waals surface area contributed by atoms with Crippen LogP contribution in [-0.2, 0) is 6.54 Å². The van der Waals surface area contributed by atoms with E-state index in [9.17, 15) is 4.79 Å². The zero-order chi connectivity index (χ0) is 24.5. The summed E-state index contributed by atoms with van der Waals surface area (Å²) < 4.78 is 13.2. The highest BCUT2D eigenvalue weighted by Crippen LogP contribution is 2.40. The fourth-order valence-electron chi connectivity index (χ4n) is 4.63. The van der Waals surface area contributed by atoms with Crippen LogP contribution in [0.2, 0.25) is 5.02 Å². The Labute approximate surface area is 209 Å². The number of nitrogens with one attached hydrogen (secondary N) is 1. The zero-order valence-electron chi connectivity index (χ0n) is 19.8. The number of methoxy groups -OCH3 is 2. The van der Waals surface area contributed by atoms with Gasteiger partial charge in [-0.15, -0.1) is 0 Å². The van der Waals surface area contributed by atoms with Crippen LogP contribution < -0.4 is 14.8 Å². The predicted octanol–water partition coefficient (Wildman–Crippen LogP) is 6.59. The van der Waals surface area contributed by atoms with Crippen molar-refractivity contribution in [2.45, 2.75) is 19.5 Å². The summed E-state index contributed by atoms with van der Waals surface area (Å²) >= 11 is 6.22. The Hall–Kier alpha value is -3.90. The minimum Gasteiger partial charge on any atom is -0.493 e. The highest BCUT2D eigenvalue weighted by molar-refractivity contribution is 6.31. The number of fused-ring (bicyclic) bond motifs is 3. The van der Waals surface area contributed by atoms with E-state index < -0.39 is 0 Å². The number of benzene rings is 3. The van der Waals surface area contributed by atoms with Crippen molar-refractivity contribution in [3.8, 4) is 17.2 Å². The maximum atomic E-state index is 13.9. The molecule has 7 heteroatoms. The second-order valence-electron chi connectivity index (χ2n) is 8.47. The first-order chi connectivity index (χ1) is 17.0. The summed E-state index contributed by atoms with van der Waals surface area (Å²) in [5, 5.41) is 3.66. The van der Waals surface area contributed by atoms with Crippen molar-refractivity contribution >= 4 is 23.3 Å². The maximum absolute atomic E-state index is 13.9. The van der Waals surface area contributed by atoms with Crippen LogP contribution in [-0.4, -0.2) is 29.7 Å². The van der Waals surface area contributed by atoms with Gasteiger partial charge in [-0.05, 0) is 66.1 Å². The van der Waals surface area contributed by atoms with Crippen molar-refractivity contribution < 1.29 is 14.3 Å². The second-order valence-corrected chi connectivity index (χ2v) is 8.90. The number of halogens is 1. The molecule has 178 valence electrons. The van der Waals surface area contributed by atoms with E-state index in [0.29, 0.717) is 28.8 Å². The molecule has 1 aliphatic heterocycles. The first-order valence-corrected chi connectivity index (χ1v) is 11.7. The molecule has 35 heavy (non-hydrogen) atoms. The van der Waals surface area contributed by atoms with Crippen LogP contribution in [0.15, 0.2) is 79.0 Å². The van der Waals surface area contributed by atoms with Crippen molar-refractivity contribution in [2.75, 3.05) is 19.5 Å². The predicted molar refractivity (Wildman–Crippen MR) is 138 cm³/mol. The number of hydrogen-bond donors (Lipinski definition) is 1. The van der Waals surface area contributed by atoms with Gasteiger partial charge in [0.05, 0.1) is 32.5 Å². The number of hydrogen-bond acceptors (Lipinski definition) is 3. The van der Waals surface area contributed by atoms with Gasteiger partial charge in [-0.2, -0.15) is 0 Å². The third-order valence-electron chi connectivity index (χ3n) is 6.39. The summed E-state index contributed by atoms with van der Waals surface area (Å²) in [6.07, 6.45) is 2.03. The number of carbonyl (C=O) groups is 1. The molecule has 0 aliphatic carbocycles. The average Bonchev–Trinajstić information content (AvgIpc) is 3.30. The Balaban J connectivity index is 1.65. The normalized spacial score (nSPS) is 14.5. The lowest BCUT2D eigenvalue weighted by Crippen LogP contribution is -2.38. The maximum Gasteiger partial charge on any atom is 0.322 e. The van der Waals surface area contributed by atoms with Crippen LogP contribution in [0, 0.1) is 6.92 Å². The van der Waals surface area contributed by atoms with E-state index in [0.717, 1.165) is 28.1 Å². The van der Waals surface area contributed by atoms with Gasteiger partial charge in [-0.25, -0.2) is 4.79 Å². The quantitative estimate of drug-likeness (QED) is 0.353. The number of rotatable bonds is 4.